The molecule has 3 aliphatic rings. The molecule has 37 heavy (non-hydrogen) atoms. The molecule has 10 heteroatoms. The first-order valence-corrected chi connectivity index (χ1v) is 12.5. The third-order valence-electron chi connectivity index (χ3n) is 9.46. The summed E-state index contributed by atoms with van der Waals surface area (Å²) in [6, 6.07) is 7.95. The van der Waals surface area contributed by atoms with Crippen LogP contribution in [0.5, 0.6) is 0 Å². The molecule has 0 aliphatic heterocycles. The van der Waals surface area contributed by atoms with Crippen molar-refractivity contribution in [2.45, 2.75) is 88.4 Å². The lowest BCUT2D eigenvalue weighted by molar-refractivity contribution is -0.285. The molecule has 0 aromatic heterocycles. The molecule has 206 valence electrons. The zero-order valence-corrected chi connectivity index (χ0v) is 21.4. The van der Waals surface area contributed by atoms with Crippen LogP contribution < -0.4 is 0 Å². The monoisotopic (exact) mass is 522 g/mol. The summed E-state index contributed by atoms with van der Waals surface area (Å²) in [6.07, 6.45) is -10.4. The lowest BCUT2D eigenvalue weighted by atomic mass is 9.51. The fraction of sp³-hybridized carbons (Fsp3) is 0.667. The van der Waals surface area contributed by atoms with Crippen LogP contribution in [0.4, 0.5) is 0 Å². The molecule has 0 saturated heterocycles. The van der Waals surface area contributed by atoms with Gasteiger partial charge >= 0.3 is 5.97 Å². The highest BCUT2D eigenvalue weighted by atomic mass is 16.5. The van der Waals surface area contributed by atoms with Crippen LogP contribution in [0.25, 0.3) is 0 Å². The van der Waals surface area contributed by atoms with E-state index in [2.05, 4.69) is 0 Å². The zero-order chi connectivity index (χ0) is 27.7. The molecule has 8 N–H and O–H groups in total. The predicted octanol–water partition coefficient (Wildman–Crippen LogP) is -0.743. The maximum atomic E-state index is 12.7. The molecule has 0 heterocycles. The smallest absolute Gasteiger partial charge is 0.338 e. The molecule has 1 aromatic carbocycles. The van der Waals surface area contributed by atoms with Crippen LogP contribution in [0, 0.1) is 16.7 Å². The van der Waals surface area contributed by atoms with Crippen molar-refractivity contribution in [3.05, 3.63) is 47.0 Å². The zero-order valence-electron chi connectivity index (χ0n) is 21.4. The molecular formula is C27H38O10. The van der Waals surface area contributed by atoms with Gasteiger partial charge in [-0.25, -0.2) is 4.79 Å². The first kappa shape index (κ1) is 28.1. The van der Waals surface area contributed by atoms with Gasteiger partial charge < -0.3 is 45.6 Å². The maximum Gasteiger partial charge on any atom is 0.338 e. The summed E-state index contributed by atoms with van der Waals surface area (Å²) in [5.74, 6) is -2.42. The van der Waals surface area contributed by atoms with Gasteiger partial charge in [0.05, 0.1) is 47.1 Å². The summed E-state index contributed by atoms with van der Waals surface area (Å²) >= 11 is 0. The number of benzene rings is 1. The molecule has 10 atom stereocenters. The van der Waals surface area contributed by atoms with Crippen LogP contribution in [0.15, 0.2) is 41.5 Å². The van der Waals surface area contributed by atoms with Crippen LogP contribution in [0.1, 0.15) is 50.9 Å². The number of hydrogen-bond acceptors (Lipinski definition) is 10. The summed E-state index contributed by atoms with van der Waals surface area (Å²) in [4.78, 5) is 12.7. The lowest BCUT2D eigenvalue weighted by Gasteiger charge is -2.59. The molecule has 1 aromatic rings. The number of esters is 1. The van der Waals surface area contributed by atoms with Crippen molar-refractivity contribution >= 4 is 5.97 Å². The van der Waals surface area contributed by atoms with E-state index in [9.17, 15) is 45.6 Å². The molecule has 0 spiro atoms. The molecule has 3 aliphatic carbocycles. The highest BCUT2D eigenvalue weighted by molar-refractivity contribution is 5.89. The second kappa shape index (κ2) is 9.10. The van der Waals surface area contributed by atoms with Crippen molar-refractivity contribution in [2.24, 2.45) is 16.7 Å². The standard InChI is InChI=1S/C27H38O10/c1-13-15(28)11-26(24(2,3)35)18(13)19(31)21(32)25(4)16(29)10-17(30)27(36,20(25)22(26)33)12-37-23(34)14-8-6-5-7-9-14/h5-9,15-17,19-22,28-33,35-36H,10-12H2,1-4H3. The third kappa shape index (κ3) is 3.81. The van der Waals surface area contributed by atoms with E-state index < -0.39 is 83.6 Å². The number of carbonyl (C=O) groups is 1. The molecule has 0 radical (unpaired) electrons. The Balaban J connectivity index is 1.89. The van der Waals surface area contributed by atoms with Crippen LogP contribution in [0.3, 0.4) is 0 Å². The average molecular weight is 523 g/mol. The van der Waals surface area contributed by atoms with Gasteiger partial charge in [0.1, 0.15) is 18.3 Å². The van der Waals surface area contributed by atoms with Crippen molar-refractivity contribution in [3.63, 3.8) is 0 Å². The fourth-order valence-electron chi connectivity index (χ4n) is 7.24. The van der Waals surface area contributed by atoms with E-state index in [1.165, 1.54) is 39.8 Å². The van der Waals surface area contributed by atoms with Crippen LogP contribution in [0.2, 0.25) is 0 Å². The molecule has 4 rings (SSSR count). The van der Waals surface area contributed by atoms with E-state index in [0.29, 0.717) is 0 Å². The van der Waals surface area contributed by atoms with Crippen LogP contribution >= 0.6 is 0 Å². The first-order valence-electron chi connectivity index (χ1n) is 12.5. The van der Waals surface area contributed by atoms with Crippen molar-refractivity contribution in [2.75, 3.05) is 6.61 Å². The summed E-state index contributed by atoms with van der Waals surface area (Å²) in [5.41, 5.74) is -7.36. The Morgan fingerprint density at radius 3 is 2.19 bits per heavy atom. The third-order valence-corrected chi connectivity index (χ3v) is 9.46. The van der Waals surface area contributed by atoms with Crippen LogP contribution in [-0.2, 0) is 4.74 Å². The van der Waals surface area contributed by atoms with Crippen molar-refractivity contribution in [1.82, 2.24) is 0 Å². The Morgan fingerprint density at radius 1 is 1.03 bits per heavy atom. The Kier molecular flexibility index (Phi) is 6.92. The van der Waals surface area contributed by atoms with Crippen LogP contribution in [-0.4, -0.2) is 101 Å². The number of carbonyl (C=O) groups excluding carboxylic acids is 1. The van der Waals surface area contributed by atoms with Gasteiger partial charge in [0.2, 0.25) is 0 Å². The number of aliphatic hydroxyl groups is 8. The molecule has 0 amide bonds. The van der Waals surface area contributed by atoms with Gasteiger partial charge in [-0.3, -0.25) is 0 Å². The first-order chi connectivity index (χ1) is 17.0. The average Bonchev–Trinajstić information content (AvgIpc) is 3.09. The van der Waals surface area contributed by atoms with Gasteiger partial charge in [-0.05, 0) is 50.5 Å². The summed E-state index contributed by atoms with van der Waals surface area (Å²) < 4.78 is 5.38. The van der Waals surface area contributed by atoms with E-state index in [4.69, 9.17) is 4.74 Å². The highest BCUT2D eigenvalue weighted by Crippen LogP contribution is 2.64. The molecular weight excluding hydrogens is 484 g/mol. The second-order valence-corrected chi connectivity index (χ2v) is 11.7. The Morgan fingerprint density at radius 2 is 1.62 bits per heavy atom. The number of aliphatic hydroxyl groups excluding tert-OH is 6. The van der Waals surface area contributed by atoms with Crippen molar-refractivity contribution in [1.29, 1.82) is 0 Å². The molecule has 2 fully saturated rings. The SMILES string of the molecule is CC1=C2C(O)C(O)C3(C)C(O)CC(O)C(O)(COC(=O)c4ccccc4)C3C(O)C2(C(C)(C)O)CC1O. The minimum absolute atomic E-state index is 0.0217. The summed E-state index contributed by atoms with van der Waals surface area (Å²) in [7, 11) is 0. The lowest BCUT2D eigenvalue weighted by Crippen LogP contribution is -2.72. The van der Waals surface area contributed by atoms with Gasteiger partial charge in [-0.1, -0.05) is 25.1 Å². The largest absolute Gasteiger partial charge is 0.459 e. The highest BCUT2D eigenvalue weighted by Gasteiger charge is 2.74. The second-order valence-electron chi connectivity index (χ2n) is 11.7. The molecule has 0 bridgehead atoms. The normalized spacial score (nSPS) is 44.2. The van der Waals surface area contributed by atoms with E-state index in [0.717, 1.165) is 0 Å². The van der Waals surface area contributed by atoms with E-state index >= 15 is 0 Å². The fourth-order valence-corrected chi connectivity index (χ4v) is 7.24. The van der Waals surface area contributed by atoms with Gasteiger partial charge in [0.25, 0.3) is 0 Å². The number of hydrogen-bond donors (Lipinski definition) is 8. The topological polar surface area (TPSA) is 188 Å². The maximum absolute atomic E-state index is 12.7. The summed E-state index contributed by atoms with van der Waals surface area (Å²) in [5, 5.41) is 91.3. The minimum Gasteiger partial charge on any atom is -0.459 e. The van der Waals surface area contributed by atoms with E-state index in [1.54, 1.807) is 18.2 Å². The predicted molar refractivity (Wildman–Crippen MR) is 130 cm³/mol. The Bertz CT molecular complexity index is 1070. The molecule has 2 saturated carbocycles. The molecule has 10 nitrogen and oxygen atoms in total. The van der Waals surface area contributed by atoms with Gasteiger partial charge in [0.15, 0.2) is 0 Å². The quantitative estimate of drug-likeness (QED) is 0.185. The minimum atomic E-state index is -2.41. The van der Waals surface area contributed by atoms with Gasteiger partial charge in [-0.15, -0.1) is 0 Å². The number of rotatable bonds is 4. The number of ether oxygens (including phenoxy) is 1. The van der Waals surface area contributed by atoms with E-state index in [1.807, 2.05) is 0 Å². The van der Waals surface area contributed by atoms with E-state index in [-0.39, 0.29) is 23.1 Å². The van der Waals surface area contributed by atoms with Gasteiger partial charge in [0, 0.05) is 17.8 Å². The number of fused-ring (bicyclic) bond motifs is 2. The Hall–Kier alpha value is -1.89. The van der Waals surface area contributed by atoms with Crippen molar-refractivity contribution in [3.8, 4) is 0 Å². The van der Waals surface area contributed by atoms with Crippen molar-refractivity contribution < 1.29 is 50.4 Å². The Labute approximate surface area is 215 Å². The van der Waals surface area contributed by atoms with Gasteiger partial charge in [-0.2, -0.15) is 0 Å². The molecule has 10 unspecified atom stereocenters. The summed E-state index contributed by atoms with van der Waals surface area (Å²) in [6.45, 7) is 4.85.